The third-order valence-corrected chi connectivity index (χ3v) is 2.91. The molecule has 0 heterocycles. The number of carbonyl (C=O) groups is 1. The number of ether oxygens (including phenoxy) is 1. The Balaban J connectivity index is 2.69. The van der Waals surface area contributed by atoms with Gasteiger partial charge in [-0.2, -0.15) is 13.2 Å². The first kappa shape index (κ1) is 17.5. The Hall–Kier alpha value is -1.53. The zero-order valence-electron chi connectivity index (χ0n) is 11.3. The number of hydrogen-bond donors (Lipinski definition) is 1. The molecular weight excluding hydrogens is 307 g/mol. The minimum atomic E-state index is -4.45. The van der Waals surface area contributed by atoms with Crippen LogP contribution in [-0.4, -0.2) is 26.2 Å². The lowest BCUT2D eigenvalue weighted by Gasteiger charge is -2.08. The zero-order chi connectivity index (χ0) is 15.9. The van der Waals surface area contributed by atoms with Crippen LogP contribution in [0.4, 0.5) is 13.2 Å². The van der Waals surface area contributed by atoms with Gasteiger partial charge in [0.2, 0.25) is 5.91 Å². The van der Waals surface area contributed by atoms with Crippen molar-refractivity contribution in [3.63, 3.8) is 0 Å². The fourth-order valence-electron chi connectivity index (χ4n) is 1.50. The number of amides is 1. The van der Waals surface area contributed by atoms with Crippen molar-refractivity contribution < 1.29 is 22.7 Å². The van der Waals surface area contributed by atoms with Gasteiger partial charge in [-0.05, 0) is 36.3 Å². The van der Waals surface area contributed by atoms with Crippen LogP contribution in [-0.2, 0) is 15.7 Å². The van der Waals surface area contributed by atoms with Crippen molar-refractivity contribution in [2.75, 3.05) is 20.3 Å². The monoisotopic (exact) mass is 321 g/mol. The van der Waals surface area contributed by atoms with Gasteiger partial charge in [0.1, 0.15) is 0 Å². The topological polar surface area (TPSA) is 38.3 Å². The summed E-state index contributed by atoms with van der Waals surface area (Å²) < 4.78 is 42.6. The van der Waals surface area contributed by atoms with Gasteiger partial charge in [-0.25, -0.2) is 0 Å². The Bertz CT molecular complexity index is 515. The summed E-state index contributed by atoms with van der Waals surface area (Å²) in [5, 5.41) is 2.73. The summed E-state index contributed by atoms with van der Waals surface area (Å²) in [7, 11) is 1.55. The second-order valence-electron chi connectivity index (χ2n) is 4.20. The molecule has 0 aliphatic carbocycles. The minimum absolute atomic E-state index is 0.138. The first-order chi connectivity index (χ1) is 9.84. The van der Waals surface area contributed by atoms with Crippen molar-refractivity contribution >= 4 is 23.6 Å². The van der Waals surface area contributed by atoms with E-state index in [0.717, 1.165) is 24.3 Å². The number of alkyl halides is 3. The molecule has 1 aromatic rings. The Morgan fingerprint density at radius 2 is 2.14 bits per heavy atom. The van der Waals surface area contributed by atoms with Crippen molar-refractivity contribution in [3.05, 3.63) is 40.4 Å². The summed E-state index contributed by atoms with van der Waals surface area (Å²) in [6.07, 6.45) is -1.40. The molecule has 1 rings (SSSR count). The van der Waals surface area contributed by atoms with Gasteiger partial charge < -0.3 is 10.1 Å². The third-order valence-electron chi connectivity index (χ3n) is 2.56. The molecule has 0 bridgehead atoms. The molecule has 0 saturated carbocycles. The summed E-state index contributed by atoms with van der Waals surface area (Å²) >= 11 is 5.81. The summed E-state index contributed by atoms with van der Waals surface area (Å²) in [4.78, 5) is 11.5. The molecule has 0 aromatic heterocycles. The Kier molecular flexibility index (Phi) is 6.71. The number of hydrogen-bond acceptors (Lipinski definition) is 2. The maximum Gasteiger partial charge on any atom is 0.416 e. The van der Waals surface area contributed by atoms with Crippen LogP contribution in [0.3, 0.4) is 0 Å². The van der Waals surface area contributed by atoms with E-state index in [0.29, 0.717) is 19.6 Å². The number of methoxy groups -OCH3 is 1. The van der Waals surface area contributed by atoms with E-state index in [2.05, 4.69) is 5.32 Å². The lowest BCUT2D eigenvalue weighted by atomic mass is 10.1. The smallest absolute Gasteiger partial charge is 0.385 e. The second-order valence-corrected chi connectivity index (χ2v) is 4.61. The highest BCUT2D eigenvalue weighted by atomic mass is 35.5. The molecular formula is C14H15ClF3NO2. The van der Waals surface area contributed by atoms with Crippen LogP contribution in [0.2, 0.25) is 5.02 Å². The van der Waals surface area contributed by atoms with E-state index in [1.165, 1.54) is 6.08 Å². The van der Waals surface area contributed by atoms with E-state index in [1.54, 1.807) is 7.11 Å². The second kappa shape index (κ2) is 8.05. The normalized spacial score (nSPS) is 11.9. The van der Waals surface area contributed by atoms with Crippen LogP contribution in [0.1, 0.15) is 17.5 Å². The van der Waals surface area contributed by atoms with E-state index in [-0.39, 0.29) is 10.6 Å². The minimum Gasteiger partial charge on any atom is -0.385 e. The van der Waals surface area contributed by atoms with Crippen LogP contribution in [0.5, 0.6) is 0 Å². The zero-order valence-corrected chi connectivity index (χ0v) is 12.1. The summed E-state index contributed by atoms with van der Waals surface area (Å²) in [5.41, 5.74) is -0.675. The first-order valence-corrected chi connectivity index (χ1v) is 6.54. The van der Waals surface area contributed by atoms with Crippen LogP contribution in [0.25, 0.3) is 6.08 Å². The summed E-state index contributed by atoms with van der Waals surface area (Å²) in [6, 6.07) is 2.95. The predicted molar refractivity (Wildman–Crippen MR) is 75.0 cm³/mol. The molecule has 1 amide bonds. The molecule has 0 radical (unpaired) electrons. The molecule has 0 aliphatic rings. The quantitative estimate of drug-likeness (QED) is 0.643. The standard InChI is InChI=1S/C14H15ClF3NO2/c1-21-8-2-7-19-13(20)6-3-10-9-11(14(16,17)18)4-5-12(10)15/h3-6,9H,2,7-8H2,1H3,(H,19,20)/b6-3+. The molecule has 0 saturated heterocycles. The molecule has 0 aliphatic heterocycles. The van der Waals surface area contributed by atoms with Crippen LogP contribution in [0.15, 0.2) is 24.3 Å². The average molecular weight is 322 g/mol. The number of halogens is 4. The molecule has 21 heavy (non-hydrogen) atoms. The van der Waals surface area contributed by atoms with Crippen molar-refractivity contribution in [1.82, 2.24) is 5.32 Å². The van der Waals surface area contributed by atoms with Gasteiger partial charge in [-0.15, -0.1) is 0 Å². The van der Waals surface area contributed by atoms with Crippen LogP contribution in [0, 0.1) is 0 Å². The lowest BCUT2D eigenvalue weighted by molar-refractivity contribution is -0.137. The maximum atomic E-state index is 12.6. The number of carbonyl (C=O) groups excluding carboxylic acids is 1. The maximum absolute atomic E-state index is 12.6. The Morgan fingerprint density at radius 3 is 2.76 bits per heavy atom. The van der Waals surface area contributed by atoms with Gasteiger partial charge in [0.05, 0.1) is 5.56 Å². The lowest BCUT2D eigenvalue weighted by Crippen LogP contribution is -2.22. The molecule has 0 atom stereocenters. The summed E-state index contributed by atoms with van der Waals surface area (Å²) in [6.45, 7) is 0.941. The van der Waals surface area contributed by atoms with Gasteiger partial charge in [-0.1, -0.05) is 11.6 Å². The first-order valence-electron chi connectivity index (χ1n) is 6.16. The highest BCUT2D eigenvalue weighted by molar-refractivity contribution is 6.32. The van der Waals surface area contributed by atoms with Crippen molar-refractivity contribution in [1.29, 1.82) is 0 Å². The highest BCUT2D eigenvalue weighted by Crippen LogP contribution is 2.32. The number of benzene rings is 1. The van der Waals surface area contributed by atoms with Gasteiger partial charge in [0, 0.05) is 31.4 Å². The fraction of sp³-hybridized carbons (Fsp3) is 0.357. The van der Waals surface area contributed by atoms with Crippen molar-refractivity contribution in [2.45, 2.75) is 12.6 Å². The predicted octanol–water partition coefficient (Wildman–Crippen LogP) is 3.52. The van der Waals surface area contributed by atoms with Crippen molar-refractivity contribution in [3.8, 4) is 0 Å². The molecule has 0 unspecified atom stereocenters. The van der Waals surface area contributed by atoms with Gasteiger partial charge in [0.15, 0.2) is 0 Å². The van der Waals surface area contributed by atoms with E-state index < -0.39 is 17.6 Å². The fourth-order valence-corrected chi connectivity index (χ4v) is 1.68. The number of rotatable bonds is 6. The van der Waals surface area contributed by atoms with Gasteiger partial charge in [0.25, 0.3) is 0 Å². The van der Waals surface area contributed by atoms with E-state index in [4.69, 9.17) is 16.3 Å². The third kappa shape index (κ3) is 6.18. The number of nitrogens with one attached hydrogen (secondary N) is 1. The molecule has 3 nitrogen and oxygen atoms in total. The van der Waals surface area contributed by atoms with E-state index >= 15 is 0 Å². The average Bonchev–Trinajstić information content (AvgIpc) is 2.41. The molecule has 116 valence electrons. The molecule has 0 fully saturated rings. The van der Waals surface area contributed by atoms with E-state index in [9.17, 15) is 18.0 Å². The van der Waals surface area contributed by atoms with Gasteiger partial charge in [-0.3, -0.25) is 4.79 Å². The van der Waals surface area contributed by atoms with E-state index in [1.807, 2.05) is 0 Å². The SMILES string of the molecule is COCCCNC(=O)/C=C/c1cc(C(F)(F)F)ccc1Cl. The summed E-state index contributed by atoms with van der Waals surface area (Å²) in [5.74, 6) is -0.403. The Morgan fingerprint density at radius 1 is 1.43 bits per heavy atom. The Labute approximate surface area is 125 Å². The van der Waals surface area contributed by atoms with Crippen molar-refractivity contribution in [2.24, 2.45) is 0 Å². The molecule has 7 heteroatoms. The highest BCUT2D eigenvalue weighted by Gasteiger charge is 2.30. The largest absolute Gasteiger partial charge is 0.416 e. The van der Waals surface area contributed by atoms with Gasteiger partial charge >= 0.3 is 6.18 Å². The molecule has 1 aromatic carbocycles. The molecule has 0 spiro atoms. The van der Waals surface area contributed by atoms with Crippen LogP contribution < -0.4 is 5.32 Å². The molecule has 1 N–H and O–H groups in total. The van der Waals surface area contributed by atoms with Crippen LogP contribution >= 0.6 is 11.6 Å².